The lowest BCUT2D eigenvalue weighted by Crippen LogP contribution is -2.48. The van der Waals surface area contributed by atoms with Crippen LogP contribution in [-0.2, 0) is 18.0 Å². The third-order valence-corrected chi connectivity index (χ3v) is 9.18. The van der Waals surface area contributed by atoms with Gasteiger partial charge in [-0.05, 0) is 33.5 Å². The number of benzene rings is 2. The molecule has 0 aromatic heterocycles. The Balaban J connectivity index is 3.05. The summed E-state index contributed by atoms with van der Waals surface area (Å²) in [6.07, 6.45) is 0. The van der Waals surface area contributed by atoms with E-state index >= 15 is 0 Å². The standard InChI is InChI=1S/C22H32O4Si2/c1-26-22(25)16-11-9-8-10-15(16)17-12-20(27(2,3)4)18(13-23)19(14-24)21(17)28(5,6)7/h8-12,23-24H,13-14H2,1-7H3. The molecule has 0 saturated carbocycles. The highest BCUT2D eigenvalue weighted by molar-refractivity contribution is 6.91. The van der Waals surface area contributed by atoms with E-state index in [0.717, 1.165) is 32.6 Å². The van der Waals surface area contributed by atoms with Gasteiger partial charge in [0.15, 0.2) is 0 Å². The van der Waals surface area contributed by atoms with Crippen molar-refractivity contribution in [1.29, 1.82) is 0 Å². The fourth-order valence-electron chi connectivity index (χ4n) is 3.88. The minimum atomic E-state index is -1.93. The molecule has 0 aliphatic carbocycles. The van der Waals surface area contributed by atoms with Crippen LogP contribution < -0.4 is 10.4 Å². The number of esters is 1. The van der Waals surface area contributed by atoms with Crippen LogP contribution in [0.15, 0.2) is 30.3 Å². The number of hydrogen-bond acceptors (Lipinski definition) is 4. The number of rotatable bonds is 6. The van der Waals surface area contributed by atoms with E-state index in [2.05, 4.69) is 45.3 Å². The third-order valence-electron chi connectivity index (χ3n) is 5.05. The zero-order valence-corrected chi connectivity index (χ0v) is 20.0. The highest BCUT2D eigenvalue weighted by Gasteiger charge is 2.32. The summed E-state index contributed by atoms with van der Waals surface area (Å²) in [6.45, 7) is 13.1. The lowest BCUT2D eigenvalue weighted by molar-refractivity contribution is 0.0601. The minimum absolute atomic E-state index is 0.0914. The Bertz CT molecular complexity index is 877. The molecule has 2 rings (SSSR count). The van der Waals surface area contributed by atoms with Crippen LogP contribution in [-0.4, -0.2) is 39.4 Å². The van der Waals surface area contributed by atoms with E-state index < -0.39 is 16.1 Å². The summed E-state index contributed by atoms with van der Waals surface area (Å²) in [5.41, 5.74) is 4.02. The van der Waals surface area contributed by atoms with Crippen LogP contribution in [0.25, 0.3) is 11.1 Å². The Hall–Kier alpha value is -1.74. The van der Waals surface area contributed by atoms with Crippen LogP contribution in [0.4, 0.5) is 0 Å². The van der Waals surface area contributed by atoms with Gasteiger partial charge in [-0.25, -0.2) is 4.79 Å². The van der Waals surface area contributed by atoms with Crippen molar-refractivity contribution in [3.05, 3.63) is 47.0 Å². The van der Waals surface area contributed by atoms with E-state index in [1.165, 1.54) is 7.11 Å². The quantitative estimate of drug-likeness (QED) is 0.560. The molecular formula is C22H32O4Si2. The number of aliphatic hydroxyl groups excluding tert-OH is 2. The first-order chi connectivity index (χ1) is 13.0. The van der Waals surface area contributed by atoms with Gasteiger partial charge in [-0.1, -0.05) is 68.7 Å². The molecule has 0 aliphatic heterocycles. The van der Waals surface area contributed by atoms with Gasteiger partial charge in [-0.15, -0.1) is 0 Å². The molecule has 0 saturated heterocycles. The molecule has 0 fully saturated rings. The van der Waals surface area contributed by atoms with Gasteiger partial charge in [0.1, 0.15) is 0 Å². The van der Waals surface area contributed by atoms with Crippen molar-refractivity contribution in [2.75, 3.05) is 7.11 Å². The zero-order chi connectivity index (χ0) is 21.3. The maximum Gasteiger partial charge on any atom is 0.338 e. The summed E-state index contributed by atoms with van der Waals surface area (Å²) in [4.78, 5) is 12.4. The number of carbonyl (C=O) groups is 1. The predicted molar refractivity (Wildman–Crippen MR) is 121 cm³/mol. The molecule has 2 aromatic rings. The van der Waals surface area contributed by atoms with Crippen molar-refractivity contribution < 1.29 is 19.7 Å². The minimum Gasteiger partial charge on any atom is -0.465 e. The molecule has 152 valence electrons. The molecular weight excluding hydrogens is 384 g/mol. The maximum absolute atomic E-state index is 12.4. The molecule has 28 heavy (non-hydrogen) atoms. The van der Waals surface area contributed by atoms with E-state index in [4.69, 9.17) is 4.74 Å². The second-order valence-electron chi connectivity index (χ2n) is 9.16. The summed E-state index contributed by atoms with van der Waals surface area (Å²) < 4.78 is 5.01. The van der Waals surface area contributed by atoms with Crippen molar-refractivity contribution >= 4 is 32.5 Å². The van der Waals surface area contributed by atoms with Crippen LogP contribution in [0.2, 0.25) is 39.3 Å². The van der Waals surface area contributed by atoms with E-state index in [0.29, 0.717) is 5.56 Å². The van der Waals surface area contributed by atoms with E-state index in [9.17, 15) is 15.0 Å². The first-order valence-corrected chi connectivity index (χ1v) is 16.6. The number of methoxy groups -OCH3 is 1. The number of aliphatic hydroxyl groups is 2. The second kappa shape index (κ2) is 8.33. The van der Waals surface area contributed by atoms with E-state index in [1.807, 2.05) is 18.2 Å². The lowest BCUT2D eigenvalue weighted by atomic mass is 9.95. The van der Waals surface area contributed by atoms with Gasteiger partial charge >= 0.3 is 5.97 Å². The van der Waals surface area contributed by atoms with Crippen LogP contribution in [0, 0.1) is 0 Å². The summed E-state index contributed by atoms with van der Waals surface area (Å²) in [6, 6.07) is 9.63. The van der Waals surface area contributed by atoms with Crippen molar-refractivity contribution in [1.82, 2.24) is 0 Å². The van der Waals surface area contributed by atoms with Crippen molar-refractivity contribution in [2.45, 2.75) is 52.5 Å². The zero-order valence-electron chi connectivity index (χ0n) is 18.0. The third kappa shape index (κ3) is 4.30. The first kappa shape index (κ1) is 22.6. The molecule has 0 unspecified atom stereocenters. The highest BCUT2D eigenvalue weighted by atomic mass is 28.3. The van der Waals surface area contributed by atoms with Crippen molar-refractivity contribution in [3.8, 4) is 11.1 Å². The van der Waals surface area contributed by atoms with E-state index in [1.54, 1.807) is 6.07 Å². The average Bonchev–Trinajstić information content (AvgIpc) is 2.63. The molecule has 2 N–H and O–H groups in total. The normalized spacial score (nSPS) is 12.2. The Morgan fingerprint density at radius 3 is 1.93 bits per heavy atom. The molecule has 4 nitrogen and oxygen atoms in total. The van der Waals surface area contributed by atoms with E-state index in [-0.39, 0.29) is 19.2 Å². The van der Waals surface area contributed by atoms with Gasteiger partial charge < -0.3 is 14.9 Å². The second-order valence-corrected chi connectivity index (χ2v) is 19.2. The Labute approximate surface area is 170 Å². The average molecular weight is 417 g/mol. The van der Waals surface area contributed by atoms with Crippen molar-refractivity contribution in [2.24, 2.45) is 0 Å². The molecule has 0 spiro atoms. The van der Waals surface area contributed by atoms with Gasteiger partial charge in [0.2, 0.25) is 0 Å². The molecule has 0 heterocycles. The SMILES string of the molecule is COC(=O)c1ccccc1-c1cc([Si](C)(C)C)c(CO)c(CO)c1[Si](C)(C)C. The summed E-state index contributed by atoms with van der Waals surface area (Å²) in [7, 11) is -2.36. The fourth-order valence-corrected chi connectivity index (χ4v) is 7.74. The summed E-state index contributed by atoms with van der Waals surface area (Å²) in [5, 5.41) is 22.7. The van der Waals surface area contributed by atoms with Crippen LogP contribution in [0.1, 0.15) is 21.5 Å². The van der Waals surface area contributed by atoms with Crippen LogP contribution in [0.3, 0.4) is 0 Å². The van der Waals surface area contributed by atoms with Crippen LogP contribution >= 0.6 is 0 Å². The summed E-state index contributed by atoms with van der Waals surface area (Å²) >= 11 is 0. The summed E-state index contributed by atoms with van der Waals surface area (Å²) in [5.74, 6) is -0.372. The molecule has 0 bridgehead atoms. The van der Waals surface area contributed by atoms with Gasteiger partial charge in [-0.2, -0.15) is 0 Å². The number of hydrogen-bond donors (Lipinski definition) is 2. The fraction of sp³-hybridized carbons (Fsp3) is 0.409. The van der Waals surface area contributed by atoms with Gasteiger partial charge in [0, 0.05) is 0 Å². The topological polar surface area (TPSA) is 66.8 Å². The van der Waals surface area contributed by atoms with Gasteiger partial charge in [-0.3, -0.25) is 0 Å². The first-order valence-electron chi connectivity index (χ1n) is 9.56. The molecule has 0 amide bonds. The lowest BCUT2D eigenvalue weighted by Gasteiger charge is -2.31. The Morgan fingerprint density at radius 1 is 0.893 bits per heavy atom. The Kier molecular flexibility index (Phi) is 6.71. The Morgan fingerprint density at radius 2 is 1.46 bits per heavy atom. The predicted octanol–water partition coefficient (Wildman–Crippen LogP) is 3.22. The maximum atomic E-state index is 12.4. The largest absolute Gasteiger partial charge is 0.465 e. The van der Waals surface area contributed by atoms with Crippen LogP contribution in [0.5, 0.6) is 0 Å². The monoisotopic (exact) mass is 416 g/mol. The molecule has 0 aliphatic rings. The van der Waals surface area contributed by atoms with Gasteiger partial charge in [0.25, 0.3) is 0 Å². The number of ether oxygens (including phenoxy) is 1. The smallest absolute Gasteiger partial charge is 0.338 e. The van der Waals surface area contributed by atoms with Gasteiger partial charge in [0.05, 0.1) is 42.0 Å². The molecule has 2 aromatic carbocycles. The number of carbonyl (C=O) groups excluding carboxylic acids is 1. The molecule has 0 radical (unpaired) electrons. The highest BCUT2D eigenvalue weighted by Crippen LogP contribution is 2.29. The molecule has 6 heteroatoms. The van der Waals surface area contributed by atoms with Crippen molar-refractivity contribution in [3.63, 3.8) is 0 Å². The molecule has 0 atom stereocenters.